The van der Waals surface area contributed by atoms with Crippen molar-refractivity contribution in [1.82, 2.24) is 9.21 Å². The molecule has 9 heteroatoms. The van der Waals surface area contributed by atoms with Crippen LogP contribution in [-0.2, 0) is 21.4 Å². The monoisotopic (exact) mass is 476 g/mol. The summed E-state index contributed by atoms with van der Waals surface area (Å²) in [4.78, 5) is 14.5. The van der Waals surface area contributed by atoms with E-state index in [-0.39, 0.29) is 10.1 Å². The lowest BCUT2D eigenvalue weighted by Gasteiger charge is -2.27. The first kappa shape index (κ1) is 19.8. The summed E-state index contributed by atoms with van der Waals surface area (Å²) in [7, 11) is -2.00. The van der Waals surface area contributed by atoms with E-state index in [0.29, 0.717) is 31.0 Å². The first-order valence-corrected chi connectivity index (χ1v) is 11.5. The second-order valence-electron chi connectivity index (χ2n) is 6.12. The highest BCUT2D eigenvalue weighted by Crippen LogP contribution is 2.33. The van der Waals surface area contributed by atoms with Gasteiger partial charge in [0.05, 0.1) is 3.79 Å². The van der Waals surface area contributed by atoms with Crippen molar-refractivity contribution in [1.29, 1.82) is 0 Å². The highest BCUT2D eigenvalue weighted by molar-refractivity contribution is 9.11. The molecule has 0 bridgehead atoms. The van der Waals surface area contributed by atoms with Gasteiger partial charge >= 0.3 is 0 Å². The van der Waals surface area contributed by atoms with E-state index >= 15 is 0 Å². The van der Waals surface area contributed by atoms with Crippen LogP contribution in [-0.4, -0.2) is 43.2 Å². The highest BCUT2D eigenvalue weighted by Gasteiger charge is 2.41. The Kier molecular flexibility index (Phi) is 6.08. The van der Waals surface area contributed by atoms with Crippen LogP contribution in [0.15, 0.2) is 44.4 Å². The number of hydrogen-bond donors (Lipinski definition) is 0. The minimum Gasteiger partial charge on any atom is -0.340 e. The van der Waals surface area contributed by atoms with Crippen LogP contribution in [0.3, 0.4) is 0 Å². The van der Waals surface area contributed by atoms with Crippen molar-refractivity contribution < 1.29 is 13.2 Å². The second-order valence-corrected chi connectivity index (χ2v) is 11.1. The zero-order valence-electron chi connectivity index (χ0n) is 14.1. The lowest BCUT2D eigenvalue weighted by Crippen LogP contribution is -2.46. The molecule has 2 heterocycles. The van der Waals surface area contributed by atoms with Crippen LogP contribution in [0.4, 0.5) is 0 Å². The number of hydrogen-bond acceptors (Lipinski definition) is 4. The molecule has 1 unspecified atom stereocenters. The van der Waals surface area contributed by atoms with Crippen LogP contribution in [0, 0.1) is 0 Å². The van der Waals surface area contributed by atoms with Gasteiger partial charge in [0, 0.05) is 25.2 Å². The molecule has 1 aromatic carbocycles. The van der Waals surface area contributed by atoms with Gasteiger partial charge in [-0.15, -0.1) is 11.3 Å². The predicted molar refractivity (Wildman–Crippen MR) is 107 cm³/mol. The molecule has 1 aliphatic rings. The standard InChI is InChI=1S/C17H18BrClN2O3S2/c1-20(11-12-5-2-3-6-13(12)19)17(22)14-7-4-10-21(14)26(23,24)16-9-8-15(18)25-16/h2-3,5-6,8-9,14H,4,7,10-11H2,1H3. The number of nitrogens with zero attached hydrogens (tertiary/aromatic N) is 2. The molecule has 0 aliphatic carbocycles. The molecule has 0 radical (unpaired) electrons. The molecule has 0 N–H and O–H groups in total. The molecule has 1 amide bonds. The van der Waals surface area contributed by atoms with E-state index in [0.717, 1.165) is 20.7 Å². The zero-order valence-corrected chi connectivity index (χ0v) is 18.0. The van der Waals surface area contributed by atoms with Crippen molar-refractivity contribution in [2.75, 3.05) is 13.6 Å². The Bertz CT molecular complexity index is 916. The Balaban J connectivity index is 1.79. The molecular formula is C17H18BrClN2O3S2. The van der Waals surface area contributed by atoms with Gasteiger partial charge in [-0.2, -0.15) is 4.31 Å². The normalized spacial score (nSPS) is 18.2. The molecular weight excluding hydrogens is 460 g/mol. The fourth-order valence-electron chi connectivity index (χ4n) is 3.04. The first-order valence-electron chi connectivity index (χ1n) is 8.06. The van der Waals surface area contributed by atoms with Gasteiger partial charge in [-0.3, -0.25) is 4.79 Å². The van der Waals surface area contributed by atoms with Crippen LogP contribution >= 0.6 is 38.9 Å². The highest BCUT2D eigenvalue weighted by atomic mass is 79.9. The van der Waals surface area contributed by atoms with Crippen molar-refractivity contribution >= 4 is 54.8 Å². The topological polar surface area (TPSA) is 57.7 Å². The van der Waals surface area contributed by atoms with Crippen molar-refractivity contribution in [2.45, 2.75) is 29.6 Å². The first-order chi connectivity index (χ1) is 12.3. The fourth-order valence-corrected chi connectivity index (χ4v) is 7.03. The summed E-state index contributed by atoms with van der Waals surface area (Å²) in [6.07, 6.45) is 1.19. The van der Waals surface area contributed by atoms with Crippen molar-refractivity contribution in [3.05, 3.63) is 50.8 Å². The SMILES string of the molecule is CN(Cc1ccccc1Cl)C(=O)C1CCCN1S(=O)(=O)c1ccc(Br)s1. The molecule has 140 valence electrons. The van der Waals surface area contributed by atoms with E-state index in [2.05, 4.69) is 15.9 Å². The second kappa shape index (κ2) is 7.98. The Morgan fingerprint density at radius 2 is 2.08 bits per heavy atom. The Morgan fingerprint density at radius 1 is 1.35 bits per heavy atom. The predicted octanol–water partition coefficient (Wildman–Crippen LogP) is 3.98. The van der Waals surface area contributed by atoms with Gasteiger partial charge in [-0.1, -0.05) is 29.8 Å². The minimum absolute atomic E-state index is 0.207. The van der Waals surface area contributed by atoms with E-state index in [1.165, 1.54) is 4.31 Å². The largest absolute Gasteiger partial charge is 0.340 e. The van der Waals surface area contributed by atoms with Gasteiger partial charge < -0.3 is 4.90 Å². The number of halogens is 2. The average Bonchev–Trinajstić information content (AvgIpc) is 3.25. The number of carbonyl (C=O) groups is 1. The summed E-state index contributed by atoms with van der Waals surface area (Å²) in [5.41, 5.74) is 0.833. The summed E-state index contributed by atoms with van der Waals surface area (Å²) >= 11 is 10.6. The number of benzene rings is 1. The van der Waals surface area contributed by atoms with E-state index < -0.39 is 16.1 Å². The third-order valence-corrected chi connectivity index (χ3v) is 8.71. The van der Waals surface area contributed by atoms with E-state index in [1.54, 1.807) is 30.1 Å². The maximum atomic E-state index is 12.9. The summed E-state index contributed by atoms with van der Waals surface area (Å²) in [6, 6.07) is 9.92. The molecule has 0 saturated carbocycles. The maximum absolute atomic E-state index is 12.9. The van der Waals surface area contributed by atoms with E-state index in [9.17, 15) is 13.2 Å². The molecule has 3 rings (SSSR count). The molecule has 1 atom stereocenters. The smallest absolute Gasteiger partial charge is 0.253 e. The van der Waals surface area contributed by atoms with Crippen LogP contribution < -0.4 is 0 Å². The van der Waals surface area contributed by atoms with Crippen LogP contribution in [0.5, 0.6) is 0 Å². The Labute approximate surface area is 170 Å². The van der Waals surface area contributed by atoms with Crippen LogP contribution in [0.25, 0.3) is 0 Å². The lowest BCUT2D eigenvalue weighted by molar-refractivity contribution is -0.133. The van der Waals surface area contributed by atoms with Gasteiger partial charge in [-0.05, 0) is 52.5 Å². The van der Waals surface area contributed by atoms with E-state index in [4.69, 9.17) is 11.6 Å². The maximum Gasteiger partial charge on any atom is 0.253 e. The number of amides is 1. The zero-order chi connectivity index (χ0) is 18.9. The summed E-state index contributed by atoms with van der Waals surface area (Å²) in [6.45, 7) is 0.696. The lowest BCUT2D eigenvalue weighted by atomic mass is 10.1. The quantitative estimate of drug-likeness (QED) is 0.654. The van der Waals surface area contributed by atoms with Crippen molar-refractivity contribution in [3.8, 4) is 0 Å². The number of sulfonamides is 1. The van der Waals surface area contributed by atoms with Gasteiger partial charge in [0.25, 0.3) is 10.0 Å². The molecule has 26 heavy (non-hydrogen) atoms. The van der Waals surface area contributed by atoms with Gasteiger partial charge in [0.15, 0.2) is 0 Å². The molecule has 1 aliphatic heterocycles. The van der Waals surface area contributed by atoms with Crippen molar-refractivity contribution in [2.24, 2.45) is 0 Å². The molecule has 0 spiro atoms. The summed E-state index contributed by atoms with van der Waals surface area (Å²) < 4.78 is 28.2. The summed E-state index contributed by atoms with van der Waals surface area (Å²) in [5, 5.41) is 0.589. The van der Waals surface area contributed by atoms with Gasteiger partial charge in [0.2, 0.25) is 5.91 Å². The Morgan fingerprint density at radius 3 is 2.73 bits per heavy atom. The van der Waals surface area contributed by atoms with E-state index in [1.807, 2.05) is 18.2 Å². The number of likely N-dealkylation sites (N-methyl/N-ethyl adjacent to an activating group) is 1. The van der Waals surface area contributed by atoms with Crippen LogP contribution in [0.2, 0.25) is 5.02 Å². The minimum atomic E-state index is -3.68. The van der Waals surface area contributed by atoms with Gasteiger partial charge in [-0.25, -0.2) is 8.42 Å². The third-order valence-electron chi connectivity index (χ3n) is 4.34. The average molecular weight is 478 g/mol. The molecule has 5 nitrogen and oxygen atoms in total. The van der Waals surface area contributed by atoms with Crippen molar-refractivity contribution in [3.63, 3.8) is 0 Å². The number of carbonyl (C=O) groups excluding carboxylic acids is 1. The van der Waals surface area contributed by atoms with Gasteiger partial charge in [0.1, 0.15) is 10.3 Å². The summed E-state index contributed by atoms with van der Waals surface area (Å²) in [5.74, 6) is -0.207. The molecule has 2 aromatic rings. The van der Waals surface area contributed by atoms with Crippen LogP contribution in [0.1, 0.15) is 18.4 Å². The number of rotatable bonds is 5. The molecule has 1 fully saturated rings. The third kappa shape index (κ3) is 3.99. The fraction of sp³-hybridized carbons (Fsp3) is 0.353. The number of thiophene rings is 1. The molecule has 1 saturated heterocycles. The Hall–Kier alpha value is -0.930. The molecule has 1 aromatic heterocycles.